The summed E-state index contributed by atoms with van der Waals surface area (Å²) in [5, 5.41) is 4.74. The Morgan fingerprint density at radius 3 is 2.52 bits per heavy atom. The molecule has 29 heavy (non-hydrogen) atoms. The van der Waals surface area contributed by atoms with Gasteiger partial charge in [0, 0.05) is 18.8 Å². The summed E-state index contributed by atoms with van der Waals surface area (Å²) in [6.45, 7) is 2.08. The predicted molar refractivity (Wildman–Crippen MR) is 119 cm³/mol. The van der Waals surface area contributed by atoms with Crippen molar-refractivity contribution < 1.29 is 0 Å². The number of nitrogens with zero attached hydrogens (tertiary/aromatic N) is 3. The number of rotatable bonds is 5. The first-order valence-corrected chi connectivity index (χ1v) is 10.7. The fraction of sp³-hybridized carbons (Fsp3) is 0.269. The molecule has 3 heteroatoms. The molecule has 3 aromatic rings. The van der Waals surface area contributed by atoms with E-state index in [0.29, 0.717) is 5.92 Å². The van der Waals surface area contributed by atoms with Crippen LogP contribution in [0.1, 0.15) is 42.0 Å². The summed E-state index contributed by atoms with van der Waals surface area (Å²) in [6.07, 6.45) is 13.8. The van der Waals surface area contributed by atoms with Crippen LogP contribution >= 0.6 is 0 Å². The number of fused-ring (bicyclic) bond motifs is 1. The van der Waals surface area contributed by atoms with Gasteiger partial charge in [-0.2, -0.15) is 5.10 Å². The molecule has 0 amide bonds. The minimum absolute atomic E-state index is 0.615. The molecule has 0 spiro atoms. The van der Waals surface area contributed by atoms with Gasteiger partial charge in [0.05, 0.1) is 11.9 Å². The van der Waals surface area contributed by atoms with Gasteiger partial charge in [-0.3, -0.25) is 0 Å². The first kappa shape index (κ1) is 18.0. The maximum absolute atomic E-state index is 4.74. The first-order chi connectivity index (χ1) is 14.4. The maximum Gasteiger partial charge on any atom is 0.0648 e. The number of hydrogen-bond acceptors (Lipinski definition) is 2. The summed E-state index contributed by atoms with van der Waals surface area (Å²) in [7, 11) is 0. The van der Waals surface area contributed by atoms with Gasteiger partial charge in [0.15, 0.2) is 0 Å². The fourth-order valence-corrected chi connectivity index (χ4v) is 4.60. The molecule has 1 aromatic heterocycles. The van der Waals surface area contributed by atoms with Crippen LogP contribution in [-0.4, -0.2) is 27.8 Å². The summed E-state index contributed by atoms with van der Waals surface area (Å²) >= 11 is 0. The minimum atomic E-state index is 0.615. The molecule has 146 valence electrons. The van der Waals surface area contributed by atoms with Gasteiger partial charge in [0.1, 0.15) is 0 Å². The quantitative estimate of drug-likeness (QED) is 0.574. The van der Waals surface area contributed by atoms with Gasteiger partial charge >= 0.3 is 0 Å². The molecule has 0 radical (unpaired) electrons. The van der Waals surface area contributed by atoms with Crippen molar-refractivity contribution in [3.63, 3.8) is 0 Å². The van der Waals surface area contributed by atoms with E-state index in [-0.39, 0.29) is 0 Å². The highest BCUT2D eigenvalue weighted by Crippen LogP contribution is 2.35. The van der Waals surface area contributed by atoms with Crippen LogP contribution < -0.4 is 0 Å². The van der Waals surface area contributed by atoms with Crippen LogP contribution in [0.25, 0.3) is 11.3 Å². The van der Waals surface area contributed by atoms with Gasteiger partial charge in [-0.05, 0) is 72.7 Å². The topological polar surface area (TPSA) is 21.1 Å². The van der Waals surface area contributed by atoms with Crippen molar-refractivity contribution in [1.82, 2.24) is 14.7 Å². The van der Waals surface area contributed by atoms with E-state index in [4.69, 9.17) is 5.10 Å². The molecule has 0 saturated heterocycles. The Kier molecular flexibility index (Phi) is 5.04. The van der Waals surface area contributed by atoms with Crippen LogP contribution in [-0.2, 0) is 6.42 Å². The van der Waals surface area contributed by atoms with Gasteiger partial charge in [-0.1, -0.05) is 54.6 Å². The molecule has 1 atom stereocenters. The lowest BCUT2D eigenvalue weighted by Gasteiger charge is -2.28. The number of allylic oxidation sites excluding steroid dienone is 2. The summed E-state index contributed by atoms with van der Waals surface area (Å²) in [6, 6.07) is 21.2. The molecule has 0 bridgehead atoms. The number of benzene rings is 2. The van der Waals surface area contributed by atoms with Gasteiger partial charge in [0.2, 0.25) is 0 Å². The van der Waals surface area contributed by atoms with E-state index in [9.17, 15) is 0 Å². The van der Waals surface area contributed by atoms with Crippen molar-refractivity contribution in [2.24, 2.45) is 0 Å². The zero-order chi connectivity index (χ0) is 19.5. The molecule has 2 aliphatic rings. The predicted octanol–water partition coefficient (Wildman–Crippen LogP) is 5.60. The molecule has 2 aromatic carbocycles. The van der Waals surface area contributed by atoms with E-state index in [1.807, 2.05) is 0 Å². The fourth-order valence-electron chi connectivity index (χ4n) is 4.60. The van der Waals surface area contributed by atoms with Crippen molar-refractivity contribution in [3.8, 4) is 5.69 Å². The molecule has 1 aliphatic carbocycles. The van der Waals surface area contributed by atoms with Crippen LogP contribution in [0.5, 0.6) is 0 Å². The zero-order valence-electron chi connectivity index (χ0n) is 16.7. The van der Waals surface area contributed by atoms with E-state index in [2.05, 4.69) is 94.8 Å². The smallest absolute Gasteiger partial charge is 0.0648 e. The van der Waals surface area contributed by atoms with Crippen LogP contribution in [0.2, 0.25) is 0 Å². The van der Waals surface area contributed by atoms with Crippen LogP contribution in [0, 0.1) is 0 Å². The Labute approximate surface area is 173 Å². The molecule has 1 unspecified atom stereocenters. The third kappa shape index (κ3) is 3.77. The molecule has 1 aliphatic heterocycles. The normalized spacial score (nSPS) is 18.4. The minimum Gasteiger partial charge on any atom is -0.374 e. The Balaban J connectivity index is 1.24. The summed E-state index contributed by atoms with van der Waals surface area (Å²) in [5.41, 5.74) is 6.67. The zero-order valence-corrected chi connectivity index (χ0v) is 16.7. The molecule has 0 N–H and O–H groups in total. The lowest BCUT2D eigenvalue weighted by Crippen LogP contribution is -2.23. The van der Waals surface area contributed by atoms with E-state index in [0.717, 1.165) is 19.5 Å². The van der Waals surface area contributed by atoms with E-state index >= 15 is 0 Å². The van der Waals surface area contributed by atoms with Gasteiger partial charge in [-0.25, -0.2) is 4.68 Å². The lowest BCUT2D eigenvalue weighted by molar-refractivity contribution is 0.371. The molecule has 5 rings (SSSR count). The Morgan fingerprint density at radius 2 is 1.76 bits per heavy atom. The SMILES string of the molecule is C1=CN(CCC2CCCc3c2cnn3-c2ccccc2)CC=C1c1ccccc1. The summed E-state index contributed by atoms with van der Waals surface area (Å²) in [4.78, 5) is 2.43. The van der Waals surface area contributed by atoms with E-state index in [1.54, 1.807) is 0 Å². The average Bonchev–Trinajstić information content (AvgIpc) is 3.24. The third-order valence-corrected chi connectivity index (χ3v) is 6.19. The Hall–Kier alpha value is -3.07. The second-order valence-electron chi connectivity index (χ2n) is 8.01. The number of para-hydroxylation sites is 1. The standard InChI is InChI=1S/C26H27N3/c1-3-8-21(9-4-1)22-14-17-28(18-15-22)19-16-23-10-7-13-26-25(23)20-27-29(26)24-11-5-2-6-12-24/h1-6,8-9,11-12,14-15,17,20,23H,7,10,13,16,18-19H2. The second kappa shape index (κ2) is 8.12. The molecular weight excluding hydrogens is 354 g/mol. The summed E-state index contributed by atoms with van der Waals surface area (Å²) in [5.74, 6) is 0.615. The van der Waals surface area contributed by atoms with Gasteiger partial charge in [0.25, 0.3) is 0 Å². The van der Waals surface area contributed by atoms with Crippen LogP contribution in [0.3, 0.4) is 0 Å². The highest BCUT2D eigenvalue weighted by molar-refractivity contribution is 5.74. The van der Waals surface area contributed by atoms with Crippen molar-refractivity contribution in [2.45, 2.75) is 31.6 Å². The highest BCUT2D eigenvalue weighted by atomic mass is 15.3. The molecular formula is C26H27N3. The second-order valence-corrected chi connectivity index (χ2v) is 8.01. The largest absolute Gasteiger partial charge is 0.374 e. The Bertz CT molecular complexity index is 1010. The van der Waals surface area contributed by atoms with E-state index in [1.165, 1.54) is 47.3 Å². The van der Waals surface area contributed by atoms with Gasteiger partial charge < -0.3 is 4.90 Å². The summed E-state index contributed by atoms with van der Waals surface area (Å²) < 4.78 is 2.15. The van der Waals surface area contributed by atoms with Crippen molar-refractivity contribution in [1.29, 1.82) is 0 Å². The monoisotopic (exact) mass is 381 g/mol. The Morgan fingerprint density at radius 1 is 0.966 bits per heavy atom. The molecule has 0 saturated carbocycles. The van der Waals surface area contributed by atoms with Crippen LogP contribution in [0.4, 0.5) is 0 Å². The van der Waals surface area contributed by atoms with Crippen molar-refractivity contribution in [2.75, 3.05) is 13.1 Å². The molecule has 2 heterocycles. The maximum atomic E-state index is 4.74. The first-order valence-electron chi connectivity index (χ1n) is 10.7. The average molecular weight is 382 g/mol. The van der Waals surface area contributed by atoms with E-state index < -0.39 is 0 Å². The lowest BCUT2D eigenvalue weighted by atomic mass is 9.84. The highest BCUT2D eigenvalue weighted by Gasteiger charge is 2.25. The number of hydrogen-bond donors (Lipinski definition) is 0. The van der Waals surface area contributed by atoms with Crippen LogP contribution in [0.15, 0.2) is 85.2 Å². The number of aromatic nitrogens is 2. The van der Waals surface area contributed by atoms with Crippen molar-refractivity contribution in [3.05, 3.63) is 102 Å². The van der Waals surface area contributed by atoms with Crippen molar-refractivity contribution >= 4 is 5.57 Å². The molecule has 3 nitrogen and oxygen atoms in total. The molecule has 0 fully saturated rings. The third-order valence-electron chi connectivity index (χ3n) is 6.19. The van der Waals surface area contributed by atoms with Gasteiger partial charge in [-0.15, -0.1) is 0 Å².